The predicted molar refractivity (Wildman–Crippen MR) is 99.4 cm³/mol. The Bertz CT molecular complexity index is 1040. The maximum absolute atomic E-state index is 2.30. The third-order valence-corrected chi connectivity index (χ3v) is 4.80. The van der Waals surface area contributed by atoms with Crippen molar-refractivity contribution >= 4 is 10.8 Å². The minimum absolute atomic E-state index is 1.23. The number of nitrogens with zero attached hydrogens (tertiary/aromatic N) is 2. The zero-order valence-electron chi connectivity index (χ0n) is 14.3. The molecule has 0 aliphatic carbocycles. The molecule has 2 aromatic carbocycles. The first-order valence-corrected chi connectivity index (χ1v) is 8.28. The summed E-state index contributed by atoms with van der Waals surface area (Å²) < 4.78 is 4.47. The topological polar surface area (TPSA) is 8.81 Å². The smallest absolute Gasteiger partial charge is 0.215 e. The molecule has 2 heterocycles. The van der Waals surface area contributed by atoms with Gasteiger partial charge in [-0.1, -0.05) is 30.3 Å². The maximum atomic E-state index is 2.30. The van der Waals surface area contributed by atoms with Gasteiger partial charge in [0.1, 0.15) is 0 Å². The van der Waals surface area contributed by atoms with Crippen LogP contribution < -0.4 is 4.57 Å². The molecule has 0 aliphatic heterocycles. The molecular weight excluding hydrogens is 292 g/mol. The van der Waals surface area contributed by atoms with E-state index in [0.29, 0.717) is 0 Å². The Morgan fingerprint density at radius 1 is 0.875 bits per heavy atom. The van der Waals surface area contributed by atoms with E-state index in [1.54, 1.807) is 0 Å². The molecule has 0 unspecified atom stereocenters. The second kappa shape index (κ2) is 5.64. The molecule has 0 N–H and O–H groups in total. The van der Waals surface area contributed by atoms with E-state index >= 15 is 0 Å². The van der Waals surface area contributed by atoms with Crippen LogP contribution in [0, 0.1) is 13.8 Å². The molecule has 118 valence electrons. The molecule has 4 rings (SSSR count). The molecular formula is C22H21N2+. The number of fused-ring (bicyclic) bond motifs is 1. The Kier molecular flexibility index (Phi) is 3.46. The molecule has 2 aromatic heterocycles. The van der Waals surface area contributed by atoms with Gasteiger partial charge in [-0.3, -0.25) is 0 Å². The van der Waals surface area contributed by atoms with Crippen LogP contribution in [0.5, 0.6) is 0 Å². The summed E-state index contributed by atoms with van der Waals surface area (Å²) in [5.74, 6) is 0. The van der Waals surface area contributed by atoms with Crippen LogP contribution in [0.15, 0.2) is 73.1 Å². The lowest BCUT2D eigenvalue weighted by atomic mass is 9.95. The Labute approximate surface area is 142 Å². The van der Waals surface area contributed by atoms with Crippen LogP contribution >= 0.6 is 0 Å². The fraction of sp³-hybridized carbons (Fsp3) is 0.136. The van der Waals surface area contributed by atoms with Crippen molar-refractivity contribution < 1.29 is 4.57 Å². The molecule has 4 aromatic rings. The summed E-state index contributed by atoms with van der Waals surface area (Å²) in [4.78, 5) is 0. The fourth-order valence-corrected chi connectivity index (χ4v) is 3.54. The summed E-state index contributed by atoms with van der Waals surface area (Å²) >= 11 is 0. The van der Waals surface area contributed by atoms with Gasteiger partial charge in [-0.15, -0.1) is 0 Å². The van der Waals surface area contributed by atoms with Gasteiger partial charge >= 0.3 is 0 Å². The maximum Gasteiger partial charge on any atom is 0.215 e. The second-order valence-electron chi connectivity index (χ2n) is 6.33. The SMILES string of the molecule is Cc1c(-[n+]2ccccc2C)cc2ccccc2c1-c1cccn1C. The van der Waals surface area contributed by atoms with Crippen molar-refractivity contribution in [1.29, 1.82) is 0 Å². The fourth-order valence-electron chi connectivity index (χ4n) is 3.54. The van der Waals surface area contributed by atoms with Crippen molar-refractivity contribution in [3.63, 3.8) is 0 Å². The third-order valence-electron chi connectivity index (χ3n) is 4.80. The number of pyridine rings is 1. The van der Waals surface area contributed by atoms with E-state index in [2.05, 4.69) is 103 Å². The quantitative estimate of drug-likeness (QED) is 0.473. The molecule has 0 amide bonds. The lowest BCUT2D eigenvalue weighted by Crippen LogP contribution is -2.34. The van der Waals surface area contributed by atoms with Crippen molar-refractivity contribution in [2.24, 2.45) is 7.05 Å². The van der Waals surface area contributed by atoms with E-state index in [1.807, 2.05) is 0 Å². The summed E-state index contributed by atoms with van der Waals surface area (Å²) in [6, 6.07) is 21.6. The molecule has 0 saturated carbocycles. The van der Waals surface area contributed by atoms with Gasteiger partial charge in [-0.05, 0) is 29.8 Å². The van der Waals surface area contributed by atoms with Crippen LogP contribution in [0.25, 0.3) is 27.7 Å². The second-order valence-corrected chi connectivity index (χ2v) is 6.33. The van der Waals surface area contributed by atoms with Crippen LogP contribution in [0.3, 0.4) is 0 Å². The highest BCUT2D eigenvalue weighted by Gasteiger charge is 2.20. The summed E-state index contributed by atoms with van der Waals surface area (Å²) in [5, 5.41) is 2.57. The van der Waals surface area contributed by atoms with Gasteiger partial charge in [0.15, 0.2) is 11.9 Å². The summed E-state index contributed by atoms with van der Waals surface area (Å²) in [5.41, 5.74) is 6.33. The van der Waals surface area contributed by atoms with E-state index in [0.717, 1.165) is 0 Å². The van der Waals surface area contributed by atoms with Gasteiger partial charge in [0.25, 0.3) is 0 Å². The van der Waals surface area contributed by atoms with Crippen molar-refractivity contribution in [2.45, 2.75) is 13.8 Å². The molecule has 2 heteroatoms. The molecule has 0 fully saturated rings. The first-order valence-electron chi connectivity index (χ1n) is 8.28. The van der Waals surface area contributed by atoms with Crippen LogP contribution in [0.1, 0.15) is 11.3 Å². The summed E-state index contributed by atoms with van der Waals surface area (Å²) in [6.45, 7) is 4.38. The number of aromatic nitrogens is 2. The van der Waals surface area contributed by atoms with Gasteiger partial charge in [-0.2, -0.15) is 4.57 Å². The molecule has 0 bridgehead atoms. The standard InChI is InChI=1S/C22H21N2/c1-16-9-6-7-14-24(16)21-15-18-10-4-5-11-19(18)22(17(21)2)20-12-8-13-23(20)3/h4-15H,1-3H3/q+1. The van der Waals surface area contributed by atoms with Gasteiger partial charge in [0, 0.05) is 55.2 Å². The van der Waals surface area contributed by atoms with Gasteiger partial charge in [0.05, 0.1) is 0 Å². The van der Waals surface area contributed by atoms with E-state index in [1.165, 1.54) is 39.0 Å². The molecule has 0 atom stereocenters. The highest BCUT2D eigenvalue weighted by atomic mass is 15.0. The van der Waals surface area contributed by atoms with E-state index in [4.69, 9.17) is 0 Å². The van der Waals surface area contributed by atoms with E-state index in [9.17, 15) is 0 Å². The van der Waals surface area contributed by atoms with Crippen molar-refractivity contribution in [2.75, 3.05) is 0 Å². The number of rotatable bonds is 2. The Balaban J connectivity index is 2.13. The Hall–Kier alpha value is -2.87. The number of hydrogen-bond donors (Lipinski definition) is 0. The number of hydrogen-bond acceptors (Lipinski definition) is 0. The minimum Gasteiger partial charge on any atom is -0.351 e. The zero-order valence-corrected chi connectivity index (χ0v) is 14.3. The summed E-state index contributed by atoms with van der Waals surface area (Å²) in [7, 11) is 2.11. The average molecular weight is 313 g/mol. The van der Waals surface area contributed by atoms with Crippen molar-refractivity contribution in [3.8, 4) is 16.9 Å². The largest absolute Gasteiger partial charge is 0.351 e. The molecule has 24 heavy (non-hydrogen) atoms. The van der Waals surface area contributed by atoms with Crippen LogP contribution in [-0.2, 0) is 7.05 Å². The normalized spacial score (nSPS) is 11.1. The highest BCUT2D eigenvalue weighted by Crippen LogP contribution is 2.34. The molecule has 0 radical (unpaired) electrons. The molecule has 0 aliphatic rings. The van der Waals surface area contributed by atoms with E-state index in [-0.39, 0.29) is 0 Å². The lowest BCUT2D eigenvalue weighted by molar-refractivity contribution is -0.603. The number of benzene rings is 2. The molecule has 0 saturated heterocycles. The monoisotopic (exact) mass is 313 g/mol. The van der Waals surface area contributed by atoms with Crippen LogP contribution in [0.4, 0.5) is 0 Å². The Morgan fingerprint density at radius 2 is 1.67 bits per heavy atom. The number of aryl methyl sites for hydroxylation is 2. The average Bonchev–Trinajstić information content (AvgIpc) is 3.01. The van der Waals surface area contributed by atoms with Crippen molar-refractivity contribution in [3.05, 3.63) is 84.3 Å². The minimum atomic E-state index is 1.23. The first kappa shape index (κ1) is 14.7. The summed E-state index contributed by atoms with van der Waals surface area (Å²) in [6.07, 6.45) is 4.25. The highest BCUT2D eigenvalue weighted by molar-refractivity contribution is 5.99. The van der Waals surface area contributed by atoms with Gasteiger partial charge in [0.2, 0.25) is 5.69 Å². The van der Waals surface area contributed by atoms with Gasteiger partial charge in [-0.25, -0.2) is 0 Å². The van der Waals surface area contributed by atoms with E-state index < -0.39 is 0 Å². The molecule has 2 nitrogen and oxygen atoms in total. The third kappa shape index (κ3) is 2.23. The van der Waals surface area contributed by atoms with Crippen LogP contribution in [0.2, 0.25) is 0 Å². The van der Waals surface area contributed by atoms with Crippen molar-refractivity contribution in [1.82, 2.24) is 4.57 Å². The lowest BCUT2D eigenvalue weighted by Gasteiger charge is -2.14. The predicted octanol–water partition coefficient (Wildman–Crippen LogP) is 4.74. The zero-order chi connectivity index (χ0) is 16.7. The van der Waals surface area contributed by atoms with Crippen LogP contribution in [-0.4, -0.2) is 4.57 Å². The van der Waals surface area contributed by atoms with Gasteiger partial charge < -0.3 is 4.57 Å². The first-order chi connectivity index (χ1) is 11.7. The molecule has 0 spiro atoms. The Morgan fingerprint density at radius 3 is 2.42 bits per heavy atom.